The summed E-state index contributed by atoms with van der Waals surface area (Å²) < 4.78 is 6.74. The van der Waals surface area contributed by atoms with Gasteiger partial charge in [0.05, 0.1) is 0 Å². The monoisotopic (exact) mass is 590 g/mol. The highest BCUT2D eigenvalue weighted by Gasteiger charge is 2.62. The average Bonchev–Trinajstić information content (AvgIpc) is 3.46. The predicted octanol–water partition coefficient (Wildman–Crippen LogP) is 7.63. The van der Waals surface area contributed by atoms with E-state index in [0.717, 1.165) is 75.7 Å². The Kier molecular flexibility index (Phi) is 6.19. The smallest absolute Gasteiger partial charge is 0.134 e. The molecule has 0 saturated heterocycles. The number of phenols is 1. The average molecular weight is 591 g/mol. The maximum atomic E-state index is 11.4. The van der Waals surface area contributed by atoms with Crippen molar-refractivity contribution >= 4 is 0 Å². The van der Waals surface area contributed by atoms with Gasteiger partial charge < -0.3 is 20.1 Å². The first kappa shape index (κ1) is 28.5. The van der Waals surface area contributed by atoms with Gasteiger partial charge in [-0.3, -0.25) is 0 Å². The van der Waals surface area contributed by atoms with Crippen LogP contribution in [0.25, 0.3) is 0 Å². The zero-order valence-electron chi connectivity index (χ0n) is 26.2. The Morgan fingerprint density at radius 3 is 1.95 bits per heavy atom. The van der Waals surface area contributed by atoms with E-state index in [1.54, 1.807) is 0 Å². The molecule has 2 unspecified atom stereocenters. The molecular formula is C40H46O4. The van der Waals surface area contributed by atoms with E-state index < -0.39 is 11.2 Å². The van der Waals surface area contributed by atoms with Crippen LogP contribution >= 0.6 is 0 Å². The summed E-state index contributed by atoms with van der Waals surface area (Å²) in [5.74, 6) is 10.2. The van der Waals surface area contributed by atoms with E-state index in [0.29, 0.717) is 48.3 Å². The van der Waals surface area contributed by atoms with Gasteiger partial charge >= 0.3 is 0 Å². The van der Waals surface area contributed by atoms with Crippen molar-refractivity contribution in [3.63, 3.8) is 0 Å². The van der Waals surface area contributed by atoms with Crippen LogP contribution in [0.15, 0.2) is 30.3 Å². The number of ether oxygens (including phenoxy) is 1. The van der Waals surface area contributed by atoms with Crippen molar-refractivity contribution < 1.29 is 20.1 Å². The lowest BCUT2D eigenvalue weighted by atomic mass is 9.53. The number of hydrogen-bond donors (Lipinski definition) is 3. The van der Waals surface area contributed by atoms with E-state index >= 15 is 0 Å². The SMILES string of the molecule is C#C[C@]1(O)CC[C@H]2[C@@H]3CCc4cc(Oc5cc(O)cc6c5[C@H]5CCC7(C)[C@@H](CC[C@@]7(O)C#C)[C@@H]5CC6)ccc4[C@H]3CCC21C. The summed E-state index contributed by atoms with van der Waals surface area (Å²) in [6, 6.07) is 10.4. The third-order valence-electron chi connectivity index (χ3n) is 14.5. The van der Waals surface area contributed by atoms with Gasteiger partial charge in [0.15, 0.2) is 0 Å². The van der Waals surface area contributed by atoms with Gasteiger partial charge in [0.1, 0.15) is 28.5 Å². The Labute approximate surface area is 262 Å². The van der Waals surface area contributed by atoms with E-state index in [1.165, 1.54) is 22.3 Å². The highest BCUT2D eigenvalue weighted by Crippen LogP contribution is 2.66. The summed E-state index contributed by atoms with van der Waals surface area (Å²) in [4.78, 5) is 0. The summed E-state index contributed by atoms with van der Waals surface area (Å²) in [6.07, 6.45) is 23.1. The first-order valence-corrected chi connectivity index (χ1v) is 17.1. The minimum absolute atomic E-state index is 0.190. The van der Waals surface area contributed by atoms with Gasteiger partial charge in [0, 0.05) is 22.5 Å². The highest BCUT2D eigenvalue weighted by atomic mass is 16.5. The Balaban J connectivity index is 1.08. The van der Waals surface area contributed by atoms with Crippen molar-refractivity contribution in [2.45, 2.75) is 114 Å². The second-order valence-corrected chi connectivity index (χ2v) is 15.8. The Morgan fingerprint density at radius 2 is 1.32 bits per heavy atom. The molecule has 0 spiro atoms. The van der Waals surface area contributed by atoms with Crippen molar-refractivity contribution in [2.24, 2.45) is 34.5 Å². The van der Waals surface area contributed by atoms with Crippen LogP contribution in [-0.4, -0.2) is 26.5 Å². The fourth-order valence-electron chi connectivity index (χ4n) is 12.0. The summed E-state index contributed by atoms with van der Waals surface area (Å²) in [6.45, 7) is 4.46. The van der Waals surface area contributed by atoms with Gasteiger partial charge in [-0.2, -0.15) is 0 Å². The van der Waals surface area contributed by atoms with Crippen LogP contribution in [0.1, 0.15) is 112 Å². The fraction of sp³-hybridized carbons (Fsp3) is 0.600. The molecule has 6 aliphatic carbocycles. The minimum atomic E-state index is -1.02. The maximum absolute atomic E-state index is 11.4. The Morgan fingerprint density at radius 1 is 0.727 bits per heavy atom. The second-order valence-electron chi connectivity index (χ2n) is 15.8. The molecule has 8 rings (SSSR count). The Hall–Kier alpha value is -2.92. The molecule has 0 aromatic heterocycles. The summed E-state index contributed by atoms with van der Waals surface area (Å²) in [7, 11) is 0. The minimum Gasteiger partial charge on any atom is -0.508 e. The van der Waals surface area contributed by atoms with Gasteiger partial charge in [-0.1, -0.05) is 31.8 Å². The molecule has 10 atom stereocenters. The quantitative estimate of drug-likeness (QED) is 0.315. The summed E-state index contributed by atoms with van der Waals surface area (Å²) in [5.41, 5.74) is 2.84. The van der Waals surface area contributed by atoms with E-state index in [9.17, 15) is 15.3 Å². The second kappa shape index (κ2) is 9.55. The third-order valence-corrected chi connectivity index (χ3v) is 14.5. The van der Waals surface area contributed by atoms with E-state index in [1.807, 2.05) is 12.1 Å². The molecule has 0 heterocycles. The molecule has 0 amide bonds. The van der Waals surface area contributed by atoms with Crippen LogP contribution < -0.4 is 4.74 Å². The van der Waals surface area contributed by atoms with Crippen LogP contribution in [0.5, 0.6) is 17.2 Å². The highest BCUT2D eigenvalue weighted by molar-refractivity contribution is 5.53. The molecule has 4 nitrogen and oxygen atoms in total. The molecule has 6 aliphatic rings. The molecule has 0 aliphatic heterocycles. The summed E-state index contributed by atoms with van der Waals surface area (Å²) in [5, 5.41) is 33.4. The third kappa shape index (κ3) is 3.68. The van der Waals surface area contributed by atoms with Gasteiger partial charge in [0.25, 0.3) is 0 Å². The zero-order valence-corrected chi connectivity index (χ0v) is 26.2. The van der Waals surface area contributed by atoms with Gasteiger partial charge in [-0.05, 0) is 147 Å². The molecule has 2 aromatic carbocycles. The van der Waals surface area contributed by atoms with Crippen LogP contribution in [0, 0.1) is 59.2 Å². The van der Waals surface area contributed by atoms with E-state index in [4.69, 9.17) is 17.6 Å². The van der Waals surface area contributed by atoms with Crippen molar-refractivity contribution in [3.05, 3.63) is 52.6 Å². The van der Waals surface area contributed by atoms with E-state index in [-0.39, 0.29) is 16.6 Å². The largest absolute Gasteiger partial charge is 0.508 e. The van der Waals surface area contributed by atoms with Crippen molar-refractivity contribution in [2.75, 3.05) is 0 Å². The standard InChI is InChI=1S/C40H46O4/c1-5-39(42)19-15-33-30-10-7-24-22-27(9-12-28(24)29(30)13-17-37(33,39)3)44-35-23-26(41)21-25-8-11-31-32(36(25)35)14-18-38(4)34(31)16-20-40(38,43)6-2/h1-2,9,12,21-23,29-34,41-43H,7-8,10-11,13-20H2,3-4H3/t29-,30-,31-,32+,33+,34+,37?,38?,39+,40+/m1/s1. The zero-order chi connectivity index (χ0) is 30.6. The number of fused-ring (bicyclic) bond motifs is 10. The number of aliphatic hydroxyl groups is 2. The number of phenolic OH excluding ortho intramolecular Hbond substituents is 1. The molecule has 4 saturated carbocycles. The predicted molar refractivity (Wildman–Crippen MR) is 171 cm³/mol. The molecule has 2 aromatic rings. The number of benzene rings is 2. The van der Waals surface area contributed by atoms with Gasteiger partial charge in [0.2, 0.25) is 0 Å². The molecular weight excluding hydrogens is 544 g/mol. The van der Waals surface area contributed by atoms with Crippen molar-refractivity contribution in [3.8, 4) is 41.9 Å². The van der Waals surface area contributed by atoms with Crippen LogP contribution in [0.3, 0.4) is 0 Å². The fourth-order valence-corrected chi connectivity index (χ4v) is 12.0. The molecule has 4 fully saturated rings. The van der Waals surface area contributed by atoms with Gasteiger partial charge in [-0.25, -0.2) is 0 Å². The summed E-state index contributed by atoms with van der Waals surface area (Å²) >= 11 is 0. The normalized spacial score (nSPS) is 43.2. The number of rotatable bonds is 2. The number of aryl methyl sites for hydroxylation is 2. The van der Waals surface area contributed by atoms with Crippen molar-refractivity contribution in [1.82, 2.24) is 0 Å². The molecule has 0 radical (unpaired) electrons. The van der Waals surface area contributed by atoms with Crippen LogP contribution in [0.2, 0.25) is 0 Å². The lowest BCUT2D eigenvalue weighted by Gasteiger charge is -2.52. The topological polar surface area (TPSA) is 69.9 Å². The molecule has 3 N–H and O–H groups in total. The molecule has 230 valence electrons. The molecule has 44 heavy (non-hydrogen) atoms. The number of hydrogen-bond acceptors (Lipinski definition) is 4. The van der Waals surface area contributed by atoms with Crippen LogP contribution in [-0.2, 0) is 12.8 Å². The first-order chi connectivity index (χ1) is 21.0. The molecule has 0 bridgehead atoms. The van der Waals surface area contributed by atoms with Gasteiger partial charge in [-0.15, -0.1) is 12.8 Å². The lowest BCUT2D eigenvalue weighted by Crippen LogP contribution is -2.50. The lowest BCUT2D eigenvalue weighted by molar-refractivity contribution is -0.0648. The number of terminal acetylenes is 2. The molecule has 4 heteroatoms. The number of aromatic hydroxyl groups is 1. The first-order valence-electron chi connectivity index (χ1n) is 17.1. The Bertz CT molecular complexity index is 1610. The maximum Gasteiger partial charge on any atom is 0.134 e. The van der Waals surface area contributed by atoms with E-state index in [2.05, 4.69) is 43.9 Å². The van der Waals surface area contributed by atoms with Crippen molar-refractivity contribution in [1.29, 1.82) is 0 Å². The van der Waals surface area contributed by atoms with Crippen LogP contribution in [0.4, 0.5) is 0 Å².